The molecule has 0 amide bonds. The van der Waals surface area contributed by atoms with Crippen LogP contribution in [0.5, 0.6) is 11.5 Å². The van der Waals surface area contributed by atoms with Crippen molar-refractivity contribution in [2.45, 2.75) is 19.3 Å². The number of hydrogen-bond donors (Lipinski definition) is 1. The molecule has 0 aliphatic heterocycles. The number of hydrogen-bond acceptors (Lipinski definition) is 3. The second-order valence-electron chi connectivity index (χ2n) is 7.97. The van der Waals surface area contributed by atoms with Crippen LogP contribution in [0.1, 0.15) is 38.2 Å². The molecule has 5 rings (SSSR count). The maximum Gasteiger partial charge on any atom is 0.182 e. The number of aryl methyl sites for hydroxylation is 2. The number of ketones is 1. The molecule has 148 valence electrons. The number of rotatable bonds is 3. The lowest BCUT2D eigenvalue weighted by Gasteiger charge is -2.31. The summed E-state index contributed by atoms with van der Waals surface area (Å²) in [5, 5.41) is 12.2. The maximum atomic E-state index is 14.2. The minimum atomic E-state index is -0.974. The van der Waals surface area contributed by atoms with Gasteiger partial charge in [0.25, 0.3) is 0 Å². The second kappa shape index (κ2) is 6.46. The van der Waals surface area contributed by atoms with E-state index in [2.05, 4.69) is 6.07 Å². The summed E-state index contributed by atoms with van der Waals surface area (Å²) in [6, 6.07) is 23.4. The average Bonchev–Trinajstić information content (AvgIpc) is 3.01. The van der Waals surface area contributed by atoms with Crippen molar-refractivity contribution >= 4 is 16.6 Å². The normalized spacial score (nSPS) is 17.5. The van der Waals surface area contributed by atoms with Crippen molar-refractivity contribution in [3.8, 4) is 11.5 Å². The van der Waals surface area contributed by atoms with Crippen LogP contribution in [0.2, 0.25) is 0 Å². The molecule has 0 heterocycles. The molecule has 4 aromatic carbocycles. The molecule has 0 saturated heterocycles. The van der Waals surface area contributed by atoms with E-state index < -0.39 is 5.41 Å². The van der Waals surface area contributed by atoms with Crippen LogP contribution in [0.15, 0.2) is 72.8 Å². The van der Waals surface area contributed by atoms with E-state index in [1.807, 2.05) is 74.5 Å². The van der Waals surface area contributed by atoms with Crippen molar-refractivity contribution in [2.24, 2.45) is 0 Å². The molecule has 0 radical (unpaired) electrons. The van der Waals surface area contributed by atoms with E-state index in [0.29, 0.717) is 0 Å². The van der Waals surface area contributed by atoms with Gasteiger partial charge in [0.1, 0.15) is 16.9 Å². The van der Waals surface area contributed by atoms with Crippen LogP contribution in [0.25, 0.3) is 10.8 Å². The van der Waals surface area contributed by atoms with Crippen LogP contribution in [-0.2, 0) is 5.41 Å². The van der Waals surface area contributed by atoms with Crippen LogP contribution >= 0.6 is 0 Å². The number of methoxy groups -OCH3 is 1. The van der Waals surface area contributed by atoms with Gasteiger partial charge in [-0.1, -0.05) is 60.7 Å². The SMILES string of the molecule is COc1ccc(C2(c3ccc(O)c(C)c3)C(=O)c3cccc4cccc2c34)cc1C. The average molecular weight is 394 g/mol. The van der Waals surface area contributed by atoms with E-state index in [-0.39, 0.29) is 11.5 Å². The summed E-state index contributed by atoms with van der Waals surface area (Å²) in [6.07, 6.45) is 0. The molecule has 3 heteroatoms. The molecule has 1 N–H and O–H groups in total. The Morgan fingerprint density at radius 2 is 1.50 bits per heavy atom. The Balaban J connectivity index is 1.93. The molecule has 4 aromatic rings. The van der Waals surface area contributed by atoms with E-state index >= 15 is 0 Å². The van der Waals surface area contributed by atoms with Crippen molar-refractivity contribution < 1.29 is 14.6 Å². The number of carbonyl (C=O) groups excluding carboxylic acids is 1. The molecule has 0 saturated carbocycles. The molecule has 0 fully saturated rings. The van der Waals surface area contributed by atoms with Crippen LogP contribution in [0, 0.1) is 13.8 Å². The lowest BCUT2D eigenvalue weighted by atomic mass is 9.68. The highest BCUT2D eigenvalue weighted by Crippen LogP contribution is 2.51. The third-order valence-electron chi connectivity index (χ3n) is 6.35. The van der Waals surface area contributed by atoms with Gasteiger partial charge in [-0.15, -0.1) is 0 Å². The first-order chi connectivity index (χ1) is 14.5. The smallest absolute Gasteiger partial charge is 0.182 e. The Morgan fingerprint density at radius 1 is 0.833 bits per heavy atom. The monoisotopic (exact) mass is 394 g/mol. The van der Waals surface area contributed by atoms with E-state index in [1.54, 1.807) is 13.2 Å². The van der Waals surface area contributed by atoms with E-state index in [9.17, 15) is 9.90 Å². The Morgan fingerprint density at radius 3 is 2.17 bits per heavy atom. The molecule has 1 unspecified atom stereocenters. The maximum absolute atomic E-state index is 14.2. The summed E-state index contributed by atoms with van der Waals surface area (Å²) in [6.45, 7) is 3.85. The van der Waals surface area contributed by atoms with Crippen LogP contribution in [0.3, 0.4) is 0 Å². The highest BCUT2D eigenvalue weighted by molar-refractivity contribution is 6.23. The first-order valence-electron chi connectivity index (χ1n) is 10.0. The van der Waals surface area contributed by atoms with Gasteiger partial charge in [0.05, 0.1) is 7.11 Å². The summed E-state index contributed by atoms with van der Waals surface area (Å²) in [7, 11) is 1.65. The van der Waals surface area contributed by atoms with E-state index in [4.69, 9.17) is 4.74 Å². The molecule has 0 spiro atoms. The molecule has 1 atom stereocenters. The molecule has 1 aliphatic rings. The zero-order valence-corrected chi connectivity index (χ0v) is 17.2. The molecule has 1 aliphatic carbocycles. The van der Waals surface area contributed by atoms with Crippen molar-refractivity contribution in [2.75, 3.05) is 7.11 Å². The highest BCUT2D eigenvalue weighted by Gasteiger charge is 2.50. The van der Waals surface area contributed by atoms with Gasteiger partial charge in [0.15, 0.2) is 5.78 Å². The van der Waals surface area contributed by atoms with E-state index in [1.165, 1.54) is 0 Å². The largest absolute Gasteiger partial charge is 0.508 e. The molecular weight excluding hydrogens is 372 g/mol. The first kappa shape index (κ1) is 18.4. The van der Waals surface area contributed by atoms with Gasteiger partial charge in [-0.25, -0.2) is 0 Å². The van der Waals surface area contributed by atoms with Crippen molar-refractivity contribution in [1.29, 1.82) is 0 Å². The Labute approximate surface area is 175 Å². The minimum absolute atomic E-state index is 0.0592. The van der Waals surface area contributed by atoms with Crippen molar-refractivity contribution in [1.82, 2.24) is 0 Å². The number of carbonyl (C=O) groups is 1. The fourth-order valence-corrected chi connectivity index (χ4v) is 4.91. The van der Waals surface area contributed by atoms with Gasteiger partial charge in [-0.3, -0.25) is 4.79 Å². The fourth-order valence-electron chi connectivity index (χ4n) is 4.91. The van der Waals surface area contributed by atoms with Crippen molar-refractivity contribution in [3.63, 3.8) is 0 Å². The highest BCUT2D eigenvalue weighted by atomic mass is 16.5. The topological polar surface area (TPSA) is 46.5 Å². The number of ether oxygens (including phenoxy) is 1. The Bertz CT molecular complexity index is 1330. The van der Waals surface area contributed by atoms with Gasteiger partial charge >= 0.3 is 0 Å². The number of Topliss-reactive ketones (excluding diaryl/α,β-unsaturated/α-hetero) is 1. The molecule has 0 bridgehead atoms. The summed E-state index contributed by atoms with van der Waals surface area (Å²) in [5.41, 5.74) is 4.22. The number of benzene rings is 4. The predicted octanol–water partition coefficient (Wildman–Crippen LogP) is 5.70. The predicted molar refractivity (Wildman–Crippen MR) is 119 cm³/mol. The zero-order valence-electron chi connectivity index (χ0n) is 17.2. The fraction of sp³-hybridized carbons (Fsp3) is 0.148. The third kappa shape index (κ3) is 2.29. The van der Waals surface area contributed by atoms with Crippen LogP contribution in [-0.4, -0.2) is 18.0 Å². The Kier molecular flexibility index (Phi) is 3.97. The molecule has 0 aromatic heterocycles. The zero-order chi connectivity index (χ0) is 21.0. The quantitative estimate of drug-likeness (QED) is 0.485. The van der Waals surface area contributed by atoms with Crippen LogP contribution in [0.4, 0.5) is 0 Å². The standard InChI is InChI=1S/C27H22O3/c1-16-14-19(10-12-23(16)28)27(20-11-13-24(30-3)17(2)15-20)22-9-5-7-18-6-4-8-21(25(18)22)26(27)29/h4-15,28H,1-3H3. The minimum Gasteiger partial charge on any atom is -0.508 e. The first-order valence-corrected chi connectivity index (χ1v) is 10.0. The molecule has 30 heavy (non-hydrogen) atoms. The summed E-state index contributed by atoms with van der Waals surface area (Å²) in [4.78, 5) is 14.2. The summed E-state index contributed by atoms with van der Waals surface area (Å²) < 4.78 is 5.46. The third-order valence-corrected chi connectivity index (χ3v) is 6.35. The van der Waals surface area contributed by atoms with Crippen LogP contribution < -0.4 is 4.74 Å². The molecular formula is C27H22O3. The number of aromatic hydroxyl groups is 1. The Hall–Kier alpha value is -3.59. The lowest BCUT2D eigenvalue weighted by molar-refractivity contribution is 0.0944. The number of phenolic OH excluding ortho intramolecular Hbond substituents is 1. The van der Waals surface area contributed by atoms with Crippen molar-refractivity contribution in [3.05, 3.63) is 106 Å². The summed E-state index contributed by atoms with van der Waals surface area (Å²) in [5.74, 6) is 1.07. The number of phenols is 1. The van der Waals surface area contributed by atoms with E-state index in [0.717, 1.165) is 49.9 Å². The second-order valence-corrected chi connectivity index (χ2v) is 7.97. The van der Waals surface area contributed by atoms with Gasteiger partial charge < -0.3 is 9.84 Å². The van der Waals surface area contributed by atoms with Gasteiger partial charge in [0.2, 0.25) is 0 Å². The van der Waals surface area contributed by atoms with Gasteiger partial charge in [-0.05, 0) is 64.6 Å². The van der Waals surface area contributed by atoms with Gasteiger partial charge in [-0.2, -0.15) is 0 Å². The summed E-state index contributed by atoms with van der Waals surface area (Å²) >= 11 is 0. The lowest BCUT2D eigenvalue weighted by Crippen LogP contribution is -2.35. The molecule has 3 nitrogen and oxygen atoms in total. The van der Waals surface area contributed by atoms with Gasteiger partial charge in [0, 0.05) is 5.56 Å².